The molecule has 0 aromatic heterocycles. The number of hydrogen-bond donors (Lipinski definition) is 2. The molecule has 1 heterocycles. The van der Waals surface area contributed by atoms with Gasteiger partial charge in [0.05, 0.1) is 12.2 Å². The molecule has 0 unspecified atom stereocenters. The first kappa shape index (κ1) is 17.2. The van der Waals surface area contributed by atoms with Gasteiger partial charge in [-0.3, -0.25) is 0 Å². The van der Waals surface area contributed by atoms with Gasteiger partial charge < -0.3 is 14.9 Å². The van der Waals surface area contributed by atoms with Gasteiger partial charge in [0.15, 0.2) is 0 Å². The fraction of sp³-hybridized carbons (Fsp3) is 0.316. The Balaban J connectivity index is 1.71. The number of carbonyl (C=O) groups excluding carboxylic acids is 1. The Labute approximate surface area is 136 Å². The molecule has 23 heavy (non-hydrogen) atoms. The van der Waals surface area contributed by atoms with Gasteiger partial charge in [0, 0.05) is 18.9 Å². The largest absolute Gasteiger partial charge is 0.455 e. The summed E-state index contributed by atoms with van der Waals surface area (Å²) in [5.74, 6) is -0.340. The molecule has 0 saturated heterocycles. The molecule has 0 aliphatic carbocycles. The van der Waals surface area contributed by atoms with E-state index in [2.05, 4.69) is 0 Å². The van der Waals surface area contributed by atoms with E-state index in [0.29, 0.717) is 12.8 Å². The van der Waals surface area contributed by atoms with E-state index in [1.54, 1.807) is 24.3 Å². The van der Waals surface area contributed by atoms with Crippen molar-refractivity contribution in [3.8, 4) is 0 Å². The van der Waals surface area contributed by atoms with E-state index in [-0.39, 0.29) is 18.5 Å². The summed E-state index contributed by atoms with van der Waals surface area (Å²) in [5, 5.41) is 19.8. The second-order valence-corrected chi connectivity index (χ2v) is 5.50. The first-order valence-electron chi connectivity index (χ1n) is 7.76. The first-order valence-corrected chi connectivity index (χ1v) is 7.76. The molecule has 1 aromatic carbocycles. The molecule has 1 aliphatic heterocycles. The summed E-state index contributed by atoms with van der Waals surface area (Å²) in [6, 6.07) is 9.69. The fourth-order valence-electron chi connectivity index (χ4n) is 2.28. The van der Waals surface area contributed by atoms with Crippen LogP contribution in [0.1, 0.15) is 24.8 Å². The maximum Gasteiger partial charge on any atom is 0.331 e. The quantitative estimate of drug-likeness (QED) is 0.600. The predicted molar refractivity (Wildman–Crippen MR) is 89.5 cm³/mol. The third kappa shape index (κ3) is 6.63. The van der Waals surface area contributed by atoms with E-state index in [0.717, 1.165) is 5.56 Å². The molecule has 4 heteroatoms. The summed E-state index contributed by atoms with van der Waals surface area (Å²) >= 11 is 0. The monoisotopic (exact) mass is 314 g/mol. The second kappa shape index (κ2) is 9.08. The van der Waals surface area contributed by atoms with Crippen molar-refractivity contribution < 1.29 is 19.7 Å². The van der Waals surface area contributed by atoms with Crippen LogP contribution in [0.25, 0.3) is 6.08 Å². The third-order valence-corrected chi connectivity index (χ3v) is 3.47. The topological polar surface area (TPSA) is 66.8 Å². The van der Waals surface area contributed by atoms with Crippen LogP contribution in [0.5, 0.6) is 0 Å². The standard InChI is InChI=1S/C19H22O4/c20-16(8-4-9-18-10-5-11-19(22)23-18)14-17(21)13-12-15-6-2-1-3-7-15/h1-7,9,11-13,16-18,20-21H,8,10,14H2/t16-,17-,18+/m1/s1. The van der Waals surface area contributed by atoms with E-state index >= 15 is 0 Å². The van der Waals surface area contributed by atoms with Crippen molar-refractivity contribution in [2.45, 2.75) is 37.6 Å². The minimum Gasteiger partial charge on any atom is -0.455 e. The number of hydrogen-bond acceptors (Lipinski definition) is 4. The maximum absolute atomic E-state index is 11.1. The van der Waals surface area contributed by atoms with Crippen LogP contribution in [-0.4, -0.2) is 34.5 Å². The van der Waals surface area contributed by atoms with E-state index in [4.69, 9.17) is 4.74 Å². The van der Waals surface area contributed by atoms with Crippen LogP contribution in [0.3, 0.4) is 0 Å². The van der Waals surface area contributed by atoms with Gasteiger partial charge in [0.1, 0.15) is 6.10 Å². The number of aliphatic hydroxyl groups excluding tert-OH is 2. The second-order valence-electron chi connectivity index (χ2n) is 5.50. The minimum absolute atomic E-state index is 0.261. The summed E-state index contributed by atoms with van der Waals surface area (Å²) in [7, 11) is 0. The average molecular weight is 314 g/mol. The van der Waals surface area contributed by atoms with Crippen LogP contribution < -0.4 is 0 Å². The lowest BCUT2D eigenvalue weighted by atomic mass is 10.1. The van der Waals surface area contributed by atoms with Crippen molar-refractivity contribution in [2.75, 3.05) is 0 Å². The molecule has 0 saturated carbocycles. The van der Waals surface area contributed by atoms with Crippen LogP contribution in [0, 0.1) is 0 Å². The van der Waals surface area contributed by atoms with Crippen LogP contribution in [0.4, 0.5) is 0 Å². The van der Waals surface area contributed by atoms with Crippen molar-refractivity contribution in [2.24, 2.45) is 0 Å². The highest BCUT2D eigenvalue weighted by molar-refractivity contribution is 5.82. The Morgan fingerprint density at radius 3 is 2.78 bits per heavy atom. The zero-order chi connectivity index (χ0) is 16.5. The van der Waals surface area contributed by atoms with Gasteiger partial charge in [0.2, 0.25) is 0 Å². The highest BCUT2D eigenvalue weighted by atomic mass is 16.5. The van der Waals surface area contributed by atoms with Crippen LogP contribution in [-0.2, 0) is 9.53 Å². The zero-order valence-corrected chi connectivity index (χ0v) is 12.9. The van der Waals surface area contributed by atoms with Crippen molar-refractivity contribution in [1.82, 2.24) is 0 Å². The summed E-state index contributed by atoms with van der Waals surface area (Å²) < 4.78 is 5.08. The molecule has 0 fully saturated rings. The molecular weight excluding hydrogens is 292 g/mol. The summed E-state index contributed by atoms with van der Waals surface area (Å²) in [6.07, 6.45) is 9.98. The van der Waals surface area contributed by atoms with Crippen LogP contribution in [0.2, 0.25) is 0 Å². The minimum atomic E-state index is -0.700. The molecule has 0 amide bonds. The molecule has 0 spiro atoms. The first-order chi connectivity index (χ1) is 11.1. The van der Waals surface area contributed by atoms with E-state index in [1.165, 1.54) is 6.08 Å². The van der Waals surface area contributed by atoms with Gasteiger partial charge >= 0.3 is 5.97 Å². The molecule has 0 radical (unpaired) electrons. The van der Waals surface area contributed by atoms with E-state index < -0.39 is 12.2 Å². The summed E-state index contributed by atoms with van der Waals surface area (Å²) in [4.78, 5) is 11.1. The number of carbonyl (C=O) groups is 1. The van der Waals surface area contributed by atoms with Gasteiger partial charge in [-0.15, -0.1) is 0 Å². The van der Waals surface area contributed by atoms with E-state index in [9.17, 15) is 15.0 Å². The highest BCUT2D eigenvalue weighted by Gasteiger charge is 2.13. The maximum atomic E-state index is 11.1. The van der Waals surface area contributed by atoms with Crippen molar-refractivity contribution in [3.05, 3.63) is 66.3 Å². The molecule has 0 bridgehead atoms. The lowest BCUT2D eigenvalue weighted by Crippen LogP contribution is -2.18. The van der Waals surface area contributed by atoms with Crippen molar-refractivity contribution in [1.29, 1.82) is 0 Å². The molecule has 4 nitrogen and oxygen atoms in total. The molecular formula is C19H22O4. The van der Waals surface area contributed by atoms with Gasteiger partial charge in [-0.2, -0.15) is 0 Å². The van der Waals surface area contributed by atoms with E-state index in [1.807, 2.05) is 36.4 Å². The molecule has 1 aliphatic rings. The average Bonchev–Trinajstić information content (AvgIpc) is 2.54. The Kier molecular flexibility index (Phi) is 6.78. The smallest absolute Gasteiger partial charge is 0.331 e. The number of aliphatic hydroxyl groups is 2. The number of ether oxygens (including phenoxy) is 1. The lowest BCUT2D eigenvalue weighted by molar-refractivity contribution is -0.141. The predicted octanol–water partition coefficient (Wildman–Crippen LogP) is 2.63. The van der Waals surface area contributed by atoms with Crippen molar-refractivity contribution in [3.63, 3.8) is 0 Å². The number of esters is 1. The highest BCUT2D eigenvalue weighted by Crippen LogP contribution is 2.11. The summed E-state index contributed by atoms with van der Waals surface area (Å²) in [6.45, 7) is 0. The molecule has 3 atom stereocenters. The van der Waals surface area contributed by atoms with Gasteiger partial charge in [-0.05, 0) is 18.1 Å². The molecule has 122 valence electrons. The van der Waals surface area contributed by atoms with Crippen LogP contribution in [0.15, 0.2) is 60.7 Å². The Morgan fingerprint density at radius 1 is 1.26 bits per heavy atom. The Bertz CT molecular complexity index is 574. The number of cyclic esters (lactones) is 1. The SMILES string of the molecule is O=C1C=CC[C@H](C=CC[C@@H](O)C[C@H](O)C=Cc2ccccc2)O1. The van der Waals surface area contributed by atoms with Crippen LogP contribution >= 0.6 is 0 Å². The Hall–Kier alpha value is -2.17. The third-order valence-electron chi connectivity index (χ3n) is 3.47. The zero-order valence-electron chi connectivity index (χ0n) is 12.9. The normalized spacial score (nSPS) is 20.8. The number of rotatable bonds is 7. The summed E-state index contributed by atoms with van der Waals surface area (Å²) in [5.41, 5.74) is 1.01. The number of benzene rings is 1. The fourth-order valence-corrected chi connectivity index (χ4v) is 2.28. The van der Waals surface area contributed by atoms with Crippen molar-refractivity contribution >= 4 is 12.0 Å². The van der Waals surface area contributed by atoms with Gasteiger partial charge in [0.25, 0.3) is 0 Å². The van der Waals surface area contributed by atoms with Gasteiger partial charge in [-0.1, -0.05) is 54.6 Å². The molecule has 1 aromatic rings. The Morgan fingerprint density at radius 2 is 2.04 bits per heavy atom. The molecule has 2 N–H and O–H groups in total. The van der Waals surface area contributed by atoms with Gasteiger partial charge in [-0.25, -0.2) is 4.79 Å². The molecule has 2 rings (SSSR count). The lowest BCUT2D eigenvalue weighted by Gasteiger charge is -2.15.